The van der Waals surface area contributed by atoms with Crippen molar-refractivity contribution in [2.75, 3.05) is 39.5 Å². The summed E-state index contributed by atoms with van der Waals surface area (Å²) in [6, 6.07) is 5.79. The van der Waals surface area contributed by atoms with Crippen LogP contribution in [0, 0.1) is 0 Å². The molecule has 0 bridgehead atoms. The van der Waals surface area contributed by atoms with E-state index in [1.54, 1.807) is 0 Å². The Morgan fingerprint density at radius 3 is 2.56 bits per heavy atom. The molecule has 4 rings (SSSR count). The van der Waals surface area contributed by atoms with Gasteiger partial charge in [0.1, 0.15) is 0 Å². The molecule has 1 atom stereocenters. The summed E-state index contributed by atoms with van der Waals surface area (Å²) in [5.74, 6) is 1.54. The molecule has 1 aromatic rings. The van der Waals surface area contributed by atoms with Gasteiger partial charge in [-0.15, -0.1) is 0 Å². The number of likely N-dealkylation sites (N-methyl/N-ethyl adjacent to an activating group) is 1. The second-order valence-electron chi connectivity index (χ2n) is 6.70. The molecular weight excluding hydrogens is 322 g/mol. The summed E-state index contributed by atoms with van der Waals surface area (Å²) in [7, 11) is 0. The first-order valence-corrected chi connectivity index (χ1v) is 8.85. The average molecular weight is 345 g/mol. The Morgan fingerprint density at radius 1 is 1.08 bits per heavy atom. The van der Waals surface area contributed by atoms with Crippen molar-refractivity contribution in [3.05, 3.63) is 23.8 Å². The van der Waals surface area contributed by atoms with Gasteiger partial charge in [-0.25, -0.2) is 0 Å². The van der Waals surface area contributed by atoms with E-state index in [1.165, 1.54) is 10.5 Å². The molecule has 1 unspecified atom stereocenters. The van der Waals surface area contributed by atoms with Crippen molar-refractivity contribution in [2.24, 2.45) is 0 Å². The SMILES string of the molecule is CCN1C(=O)CC(N2CCN(Cc3ccc4c(c3)OCO4)CC2)C1=O. The van der Waals surface area contributed by atoms with Gasteiger partial charge in [0.25, 0.3) is 0 Å². The molecule has 0 aromatic heterocycles. The number of carbonyl (C=O) groups is 2. The van der Waals surface area contributed by atoms with Gasteiger partial charge in [-0.05, 0) is 24.6 Å². The van der Waals surface area contributed by atoms with E-state index in [0.29, 0.717) is 19.8 Å². The smallest absolute Gasteiger partial charge is 0.247 e. The largest absolute Gasteiger partial charge is 0.454 e. The standard InChI is InChI=1S/C18H23N3O4/c1-2-21-17(22)10-14(18(21)23)20-7-5-19(6-8-20)11-13-3-4-15-16(9-13)25-12-24-15/h3-4,9,14H,2,5-8,10-12H2,1H3. The highest BCUT2D eigenvalue weighted by molar-refractivity contribution is 6.05. The summed E-state index contributed by atoms with van der Waals surface area (Å²) < 4.78 is 10.8. The summed E-state index contributed by atoms with van der Waals surface area (Å²) in [5, 5.41) is 0. The van der Waals surface area contributed by atoms with Crippen molar-refractivity contribution in [1.29, 1.82) is 0 Å². The first-order valence-electron chi connectivity index (χ1n) is 8.85. The highest BCUT2D eigenvalue weighted by Crippen LogP contribution is 2.33. The lowest BCUT2D eigenvalue weighted by molar-refractivity contribution is -0.139. The van der Waals surface area contributed by atoms with Gasteiger partial charge >= 0.3 is 0 Å². The maximum atomic E-state index is 12.4. The van der Waals surface area contributed by atoms with E-state index < -0.39 is 0 Å². The van der Waals surface area contributed by atoms with Crippen molar-refractivity contribution >= 4 is 11.8 Å². The van der Waals surface area contributed by atoms with Crippen molar-refractivity contribution in [3.63, 3.8) is 0 Å². The van der Waals surface area contributed by atoms with E-state index in [-0.39, 0.29) is 17.9 Å². The molecular formula is C18H23N3O4. The van der Waals surface area contributed by atoms with Crippen LogP contribution in [-0.2, 0) is 16.1 Å². The zero-order valence-corrected chi connectivity index (χ0v) is 14.4. The molecule has 0 N–H and O–H groups in total. The molecule has 2 saturated heterocycles. The lowest BCUT2D eigenvalue weighted by Crippen LogP contribution is -2.52. The van der Waals surface area contributed by atoms with Gasteiger partial charge in [0.2, 0.25) is 18.6 Å². The maximum Gasteiger partial charge on any atom is 0.247 e. The van der Waals surface area contributed by atoms with Crippen LogP contribution >= 0.6 is 0 Å². The third kappa shape index (κ3) is 3.09. The number of piperazine rings is 1. The van der Waals surface area contributed by atoms with Gasteiger partial charge in [0.15, 0.2) is 11.5 Å². The van der Waals surface area contributed by atoms with Crippen LogP contribution in [-0.4, -0.2) is 72.1 Å². The molecule has 25 heavy (non-hydrogen) atoms. The lowest BCUT2D eigenvalue weighted by atomic mass is 10.1. The van der Waals surface area contributed by atoms with E-state index in [9.17, 15) is 9.59 Å². The van der Waals surface area contributed by atoms with Crippen LogP contribution in [0.5, 0.6) is 11.5 Å². The Bertz CT molecular complexity index is 685. The molecule has 7 nitrogen and oxygen atoms in total. The summed E-state index contributed by atoms with van der Waals surface area (Å²) in [5.41, 5.74) is 1.20. The first-order chi connectivity index (χ1) is 12.2. The summed E-state index contributed by atoms with van der Waals surface area (Å²) in [6.07, 6.45) is 0.328. The number of nitrogens with zero attached hydrogens (tertiary/aromatic N) is 3. The number of fused-ring (bicyclic) bond motifs is 1. The van der Waals surface area contributed by atoms with E-state index in [2.05, 4.69) is 15.9 Å². The molecule has 0 radical (unpaired) electrons. The van der Waals surface area contributed by atoms with Crippen LogP contribution in [0.4, 0.5) is 0 Å². The molecule has 134 valence electrons. The number of likely N-dealkylation sites (tertiary alicyclic amines) is 1. The molecule has 0 saturated carbocycles. The Balaban J connectivity index is 1.33. The maximum absolute atomic E-state index is 12.4. The highest BCUT2D eigenvalue weighted by atomic mass is 16.7. The lowest BCUT2D eigenvalue weighted by Gasteiger charge is -2.37. The van der Waals surface area contributed by atoms with Crippen molar-refractivity contribution in [3.8, 4) is 11.5 Å². The Hall–Kier alpha value is -2.12. The van der Waals surface area contributed by atoms with Crippen LogP contribution in [0.25, 0.3) is 0 Å². The number of imide groups is 1. The van der Waals surface area contributed by atoms with Gasteiger partial charge in [-0.1, -0.05) is 6.07 Å². The molecule has 7 heteroatoms. The predicted octanol–water partition coefficient (Wildman–Crippen LogP) is 0.680. The third-order valence-corrected chi connectivity index (χ3v) is 5.23. The summed E-state index contributed by atoms with van der Waals surface area (Å²) >= 11 is 0. The van der Waals surface area contributed by atoms with Gasteiger partial charge in [0, 0.05) is 39.3 Å². The van der Waals surface area contributed by atoms with E-state index >= 15 is 0 Å². The van der Waals surface area contributed by atoms with Gasteiger partial charge in [-0.3, -0.25) is 24.3 Å². The molecule has 0 spiro atoms. The van der Waals surface area contributed by atoms with Crippen molar-refractivity contribution in [1.82, 2.24) is 14.7 Å². The van der Waals surface area contributed by atoms with Crippen LogP contribution in [0.15, 0.2) is 18.2 Å². The minimum Gasteiger partial charge on any atom is -0.454 e. The number of carbonyl (C=O) groups excluding carboxylic acids is 2. The van der Waals surface area contributed by atoms with Crippen LogP contribution in [0.3, 0.4) is 0 Å². The second kappa shape index (κ2) is 6.65. The third-order valence-electron chi connectivity index (χ3n) is 5.23. The minimum absolute atomic E-state index is 0.0308. The number of hydrogen-bond donors (Lipinski definition) is 0. The molecule has 3 heterocycles. The fraction of sp³-hybridized carbons (Fsp3) is 0.556. The summed E-state index contributed by atoms with van der Waals surface area (Å²) in [4.78, 5) is 30.2. The number of rotatable bonds is 4. The first kappa shape index (κ1) is 16.4. The monoisotopic (exact) mass is 345 g/mol. The number of amides is 2. The fourth-order valence-electron chi connectivity index (χ4n) is 3.81. The molecule has 1 aromatic carbocycles. The van der Waals surface area contributed by atoms with Crippen LogP contribution in [0.1, 0.15) is 18.9 Å². The second-order valence-corrected chi connectivity index (χ2v) is 6.70. The van der Waals surface area contributed by atoms with Gasteiger partial charge < -0.3 is 9.47 Å². The summed E-state index contributed by atoms with van der Waals surface area (Å²) in [6.45, 7) is 6.86. The number of hydrogen-bond acceptors (Lipinski definition) is 6. The van der Waals surface area contributed by atoms with Gasteiger partial charge in [0.05, 0.1) is 12.5 Å². The Kier molecular flexibility index (Phi) is 4.35. The zero-order chi connectivity index (χ0) is 17.4. The zero-order valence-electron chi connectivity index (χ0n) is 14.4. The van der Waals surface area contributed by atoms with E-state index in [1.807, 2.05) is 19.1 Å². The number of benzene rings is 1. The van der Waals surface area contributed by atoms with Crippen LogP contribution in [0.2, 0.25) is 0 Å². The van der Waals surface area contributed by atoms with Crippen LogP contribution < -0.4 is 9.47 Å². The number of ether oxygens (including phenoxy) is 2. The topological polar surface area (TPSA) is 62.3 Å². The van der Waals surface area contributed by atoms with Crippen molar-refractivity contribution in [2.45, 2.75) is 25.9 Å². The quantitative estimate of drug-likeness (QED) is 0.748. The molecule has 3 aliphatic rings. The molecule has 3 aliphatic heterocycles. The molecule has 2 amide bonds. The van der Waals surface area contributed by atoms with Crippen molar-refractivity contribution < 1.29 is 19.1 Å². The van der Waals surface area contributed by atoms with E-state index in [4.69, 9.17) is 9.47 Å². The molecule has 2 fully saturated rings. The Morgan fingerprint density at radius 2 is 1.84 bits per heavy atom. The Labute approximate surface area is 147 Å². The average Bonchev–Trinajstić information content (AvgIpc) is 3.19. The normalized spacial score (nSPS) is 24.4. The van der Waals surface area contributed by atoms with E-state index in [0.717, 1.165) is 44.2 Å². The fourth-order valence-corrected chi connectivity index (χ4v) is 3.81. The molecule has 0 aliphatic carbocycles. The van der Waals surface area contributed by atoms with Gasteiger partial charge in [-0.2, -0.15) is 0 Å². The highest BCUT2D eigenvalue weighted by Gasteiger charge is 2.41. The minimum atomic E-state index is -0.264. The predicted molar refractivity (Wildman–Crippen MR) is 90.2 cm³/mol.